The third-order valence-electron chi connectivity index (χ3n) is 6.12. The lowest BCUT2D eigenvalue weighted by atomic mass is 9.76. The average Bonchev–Trinajstić information content (AvgIpc) is 2.71. The lowest BCUT2D eigenvalue weighted by Crippen LogP contribution is -2.56. The van der Waals surface area contributed by atoms with E-state index in [2.05, 4.69) is 19.2 Å². The summed E-state index contributed by atoms with van der Waals surface area (Å²) in [6, 6.07) is 7.04. The zero-order valence-electron chi connectivity index (χ0n) is 18.0. The van der Waals surface area contributed by atoms with Gasteiger partial charge in [-0.15, -0.1) is 0 Å². The van der Waals surface area contributed by atoms with Crippen molar-refractivity contribution >= 4 is 23.7 Å². The molecule has 0 unspecified atom stereocenters. The highest BCUT2D eigenvalue weighted by Gasteiger charge is 2.47. The van der Waals surface area contributed by atoms with Gasteiger partial charge in [-0.3, -0.25) is 19.2 Å². The second kappa shape index (κ2) is 9.80. The van der Waals surface area contributed by atoms with Crippen LogP contribution in [0.5, 0.6) is 5.75 Å². The van der Waals surface area contributed by atoms with Crippen LogP contribution < -0.4 is 11.1 Å². The number of carbonyl (C=O) groups is 4. The van der Waals surface area contributed by atoms with Crippen molar-refractivity contribution in [3.63, 3.8) is 0 Å². The number of amides is 3. The summed E-state index contributed by atoms with van der Waals surface area (Å²) in [4.78, 5) is 49.3. The number of aliphatic carboxylic acids is 1. The molecule has 1 saturated heterocycles. The maximum atomic E-state index is 12.6. The first-order valence-electron chi connectivity index (χ1n) is 10.4. The number of nitrogens with one attached hydrogen (secondary N) is 1. The number of hydrogen-bond acceptors (Lipinski definition) is 5. The Morgan fingerprint density at radius 1 is 1.13 bits per heavy atom. The number of rotatable bonds is 9. The van der Waals surface area contributed by atoms with Gasteiger partial charge in [0.05, 0.1) is 0 Å². The summed E-state index contributed by atoms with van der Waals surface area (Å²) in [6.45, 7) is 4.00. The molecule has 0 aromatic heterocycles. The Morgan fingerprint density at radius 3 is 2.23 bits per heavy atom. The third-order valence-corrected chi connectivity index (χ3v) is 6.12. The van der Waals surface area contributed by atoms with Crippen molar-refractivity contribution in [1.29, 1.82) is 0 Å². The molecule has 170 valence electrons. The summed E-state index contributed by atoms with van der Waals surface area (Å²) in [7, 11) is 0. The predicted molar refractivity (Wildman–Crippen MR) is 113 cm³/mol. The van der Waals surface area contributed by atoms with Crippen LogP contribution in [0, 0.1) is 5.41 Å². The smallest absolute Gasteiger partial charge is 0.322 e. The van der Waals surface area contributed by atoms with Gasteiger partial charge in [0, 0.05) is 19.5 Å². The molecular formula is C22H31N3O6. The summed E-state index contributed by atoms with van der Waals surface area (Å²) in [5, 5.41) is 20.4. The number of benzene rings is 1. The highest BCUT2D eigenvalue weighted by molar-refractivity contribution is 6.05. The molecule has 0 aliphatic carbocycles. The molecule has 9 heteroatoms. The molecule has 0 bridgehead atoms. The van der Waals surface area contributed by atoms with E-state index in [0.29, 0.717) is 12.8 Å². The van der Waals surface area contributed by atoms with Crippen LogP contribution >= 0.6 is 0 Å². The summed E-state index contributed by atoms with van der Waals surface area (Å²) in [5.41, 5.74) is 4.89. The van der Waals surface area contributed by atoms with Gasteiger partial charge >= 0.3 is 5.97 Å². The number of aromatic hydroxyl groups is 1. The van der Waals surface area contributed by atoms with Gasteiger partial charge in [-0.25, -0.2) is 0 Å². The first kappa shape index (κ1) is 24.2. The molecule has 5 N–H and O–H groups in total. The molecule has 0 atom stereocenters. The standard InChI is InChI=1S/C22H31N3O6/c1-21(2,15-5-7-16(26)8-6-15)9-3-4-17(27)25-12-10-22(11-13-25,19(23)30)20(31)24-14-18(28)29/h5-8,26H,3-4,9-14H2,1-2H3,(H2,23,30)(H,24,31)(H,28,29). The number of likely N-dealkylation sites (tertiary alicyclic amines) is 1. The fourth-order valence-corrected chi connectivity index (χ4v) is 3.94. The predicted octanol–water partition coefficient (Wildman–Crippen LogP) is 1.14. The van der Waals surface area contributed by atoms with Crippen molar-refractivity contribution in [1.82, 2.24) is 10.2 Å². The van der Waals surface area contributed by atoms with E-state index in [1.165, 1.54) is 0 Å². The number of phenols is 1. The number of carboxylic acids is 1. The van der Waals surface area contributed by atoms with E-state index in [4.69, 9.17) is 10.8 Å². The maximum Gasteiger partial charge on any atom is 0.322 e. The van der Waals surface area contributed by atoms with Crippen molar-refractivity contribution in [3.8, 4) is 5.75 Å². The highest BCUT2D eigenvalue weighted by atomic mass is 16.4. The summed E-state index contributed by atoms with van der Waals surface area (Å²) >= 11 is 0. The first-order valence-corrected chi connectivity index (χ1v) is 10.4. The molecule has 1 aliphatic rings. The topological polar surface area (TPSA) is 150 Å². The van der Waals surface area contributed by atoms with E-state index in [0.717, 1.165) is 12.0 Å². The van der Waals surface area contributed by atoms with Gasteiger partial charge in [-0.2, -0.15) is 0 Å². The largest absolute Gasteiger partial charge is 0.508 e. The number of phenolic OH excluding ortho intramolecular Hbond substituents is 1. The van der Waals surface area contributed by atoms with E-state index < -0.39 is 29.7 Å². The van der Waals surface area contributed by atoms with Gasteiger partial charge in [0.1, 0.15) is 17.7 Å². The number of hydrogen-bond donors (Lipinski definition) is 4. The van der Waals surface area contributed by atoms with Gasteiger partial charge in [-0.05, 0) is 48.8 Å². The maximum absolute atomic E-state index is 12.6. The Balaban J connectivity index is 1.88. The molecule has 1 fully saturated rings. The molecule has 0 radical (unpaired) electrons. The van der Waals surface area contributed by atoms with E-state index >= 15 is 0 Å². The molecule has 31 heavy (non-hydrogen) atoms. The zero-order valence-corrected chi connectivity index (χ0v) is 18.0. The van der Waals surface area contributed by atoms with Gasteiger partial charge in [0.2, 0.25) is 17.7 Å². The fourth-order valence-electron chi connectivity index (χ4n) is 3.94. The van der Waals surface area contributed by atoms with E-state index in [1.54, 1.807) is 17.0 Å². The van der Waals surface area contributed by atoms with Crippen LogP contribution in [0.1, 0.15) is 51.5 Å². The Bertz CT molecular complexity index is 826. The summed E-state index contributed by atoms with van der Waals surface area (Å²) in [6.07, 6.45) is 1.93. The quantitative estimate of drug-likeness (QED) is 0.429. The number of carbonyl (C=O) groups excluding carboxylic acids is 3. The Kier molecular flexibility index (Phi) is 7.65. The van der Waals surface area contributed by atoms with Crippen LogP contribution in [0.25, 0.3) is 0 Å². The highest BCUT2D eigenvalue weighted by Crippen LogP contribution is 2.33. The lowest BCUT2D eigenvalue weighted by Gasteiger charge is -2.38. The molecule has 1 aromatic carbocycles. The molecule has 1 heterocycles. The number of carboxylic acid groups (broad SMARTS) is 1. The van der Waals surface area contributed by atoms with E-state index in [1.807, 2.05) is 12.1 Å². The van der Waals surface area contributed by atoms with E-state index in [-0.39, 0.29) is 43.0 Å². The Morgan fingerprint density at radius 2 is 1.71 bits per heavy atom. The number of nitrogens with two attached hydrogens (primary N) is 1. The Hall–Kier alpha value is -3.10. The van der Waals surface area contributed by atoms with Crippen LogP contribution in [0.15, 0.2) is 24.3 Å². The minimum Gasteiger partial charge on any atom is -0.508 e. The van der Waals surface area contributed by atoms with Crippen LogP contribution in [0.2, 0.25) is 0 Å². The molecule has 1 aliphatic heterocycles. The molecule has 0 spiro atoms. The molecular weight excluding hydrogens is 402 g/mol. The van der Waals surface area contributed by atoms with Crippen molar-refractivity contribution in [2.24, 2.45) is 11.1 Å². The number of primary amides is 1. The molecule has 1 aromatic rings. The van der Waals surface area contributed by atoms with Gasteiger partial charge < -0.3 is 26.2 Å². The van der Waals surface area contributed by atoms with Crippen molar-refractivity contribution in [2.45, 2.75) is 51.4 Å². The van der Waals surface area contributed by atoms with Crippen molar-refractivity contribution < 1.29 is 29.4 Å². The lowest BCUT2D eigenvalue weighted by molar-refractivity contribution is -0.150. The molecule has 2 rings (SSSR count). The number of piperidine rings is 1. The monoisotopic (exact) mass is 433 g/mol. The van der Waals surface area contributed by atoms with Crippen LogP contribution in [0.3, 0.4) is 0 Å². The van der Waals surface area contributed by atoms with Crippen LogP contribution in [-0.2, 0) is 24.6 Å². The SMILES string of the molecule is CC(C)(CCCC(=O)N1CCC(C(N)=O)(C(=O)NCC(=O)O)CC1)c1ccc(O)cc1. The minimum absolute atomic E-state index is 0.0504. The number of nitrogens with zero attached hydrogens (tertiary/aromatic N) is 1. The van der Waals surface area contributed by atoms with Crippen LogP contribution in [0.4, 0.5) is 0 Å². The Labute approximate surface area is 181 Å². The fraction of sp³-hybridized carbons (Fsp3) is 0.545. The van der Waals surface area contributed by atoms with Crippen LogP contribution in [-0.4, -0.2) is 58.4 Å². The summed E-state index contributed by atoms with van der Waals surface area (Å²) in [5.74, 6) is -2.56. The third kappa shape index (κ3) is 5.96. The second-order valence-electron chi connectivity index (χ2n) is 8.69. The average molecular weight is 434 g/mol. The van der Waals surface area contributed by atoms with Crippen molar-refractivity contribution in [2.75, 3.05) is 19.6 Å². The second-order valence-corrected chi connectivity index (χ2v) is 8.69. The van der Waals surface area contributed by atoms with E-state index in [9.17, 15) is 24.3 Å². The molecule has 9 nitrogen and oxygen atoms in total. The van der Waals surface area contributed by atoms with Gasteiger partial charge in [0.15, 0.2) is 0 Å². The van der Waals surface area contributed by atoms with Gasteiger partial charge in [0.25, 0.3) is 0 Å². The first-order chi connectivity index (χ1) is 14.5. The molecule has 0 saturated carbocycles. The normalized spacial score (nSPS) is 15.9. The molecule has 3 amide bonds. The van der Waals surface area contributed by atoms with Crippen molar-refractivity contribution in [3.05, 3.63) is 29.8 Å². The minimum atomic E-state index is -1.49. The zero-order chi connectivity index (χ0) is 23.2. The van der Waals surface area contributed by atoms with Gasteiger partial charge in [-0.1, -0.05) is 26.0 Å². The summed E-state index contributed by atoms with van der Waals surface area (Å²) < 4.78 is 0.